The minimum absolute atomic E-state index is 0.0197. The number of esters is 1. The Labute approximate surface area is 54.4 Å². The molecule has 9 heavy (non-hydrogen) atoms. The minimum atomic E-state index is -0.152. The van der Waals surface area contributed by atoms with E-state index in [0.717, 1.165) is 0 Å². The second-order valence-electron chi connectivity index (χ2n) is 2.36. The molecule has 0 spiro atoms. The number of morpholine rings is 1. The summed E-state index contributed by atoms with van der Waals surface area (Å²) in [6, 6.07) is 0.294. The zero-order valence-electron chi connectivity index (χ0n) is 5.68. The molecule has 0 amide bonds. The maximum Gasteiger partial charge on any atom is 0.320 e. The van der Waals surface area contributed by atoms with Crippen molar-refractivity contribution in [2.45, 2.75) is 26.0 Å². The molecule has 2 atom stereocenters. The lowest BCUT2D eigenvalue weighted by Crippen LogP contribution is -2.47. The van der Waals surface area contributed by atoms with Gasteiger partial charge in [-0.25, -0.2) is 0 Å². The van der Waals surface area contributed by atoms with Crippen LogP contribution in [0.4, 0.5) is 0 Å². The van der Waals surface area contributed by atoms with E-state index >= 15 is 0 Å². The zero-order chi connectivity index (χ0) is 6.85. The van der Waals surface area contributed by atoms with Crippen LogP contribution in [0.3, 0.4) is 0 Å². The van der Waals surface area contributed by atoms with Gasteiger partial charge in [-0.05, 0) is 13.8 Å². The molecule has 0 radical (unpaired) electrons. The van der Waals surface area contributed by atoms with Gasteiger partial charge in [-0.2, -0.15) is 0 Å². The normalized spacial score (nSPS) is 36.0. The summed E-state index contributed by atoms with van der Waals surface area (Å²) in [6.07, 6.45) is 0.0197. The predicted octanol–water partition coefficient (Wildman–Crippen LogP) is -0.0902. The molecule has 1 aliphatic heterocycles. The first-order valence-electron chi connectivity index (χ1n) is 3.13. The van der Waals surface area contributed by atoms with E-state index in [2.05, 4.69) is 5.32 Å². The smallest absolute Gasteiger partial charge is 0.320 e. The van der Waals surface area contributed by atoms with E-state index in [1.54, 1.807) is 0 Å². The topological polar surface area (TPSA) is 38.3 Å². The maximum atomic E-state index is 10.5. The molecule has 0 aromatic heterocycles. The summed E-state index contributed by atoms with van der Waals surface area (Å²) < 4.78 is 4.90. The van der Waals surface area contributed by atoms with Gasteiger partial charge in [0.15, 0.2) is 0 Å². The molecular formula is C6H11NO2. The van der Waals surface area contributed by atoms with Crippen LogP contribution < -0.4 is 5.32 Å². The molecule has 0 aromatic rings. The van der Waals surface area contributed by atoms with Crippen molar-refractivity contribution in [1.29, 1.82) is 0 Å². The minimum Gasteiger partial charge on any atom is -0.460 e. The molecule has 1 saturated heterocycles. The second kappa shape index (κ2) is 2.35. The van der Waals surface area contributed by atoms with Crippen molar-refractivity contribution < 1.29 is 9.53 Å². The van der Waals surface area contributed by atoms with Crippen LogP contribution >= 0.6 is 0 Å². The van der Waals surface area contributed by atoms with Crippen molar-refractivity contribution in [2.24, 2.45) is 0 Å². The van der Waals surface area contributed by atoms with Gasteiger partial charge < -0.3 is 10.1 Å². The van der Waals surface area contributed by atoms with Gasteiger partial charge in [0, 0.05) is 6.04 Å². The fourth-order valence-corrected chi connectivity index (χ4v) is 0.761. The third-order valence-electron chi connectivity index (χ3n) is 1.59. The van der Waals surface area contributed by atoms with Gasteiger partial charge >= 0.3 is 5.97 Å². The summed E-state index contributed by atoms with van der Waals surface area (Å²) in [6.45, 7) is 4.23. The van der Waals surface area contributed by atoms with Crippen LogP contribution in [0.1, 0.15) is 13.8 Å². The molecule has 3 nitrogen and oxygen atoms in total. The van der Waals surface area contributed by atoms with Crippen molar-refractivity contribution in [2.75, 3.05) is 6.54 Å². The molecule has 0 saturated carbocycles. The monoisotopic (exact) mass is 129 g/mol. The maximum absolute atomic E-state index is 10.5. The van der Waals surface area contributed by atoms with Crippen molar-refractivity contribution in [1.82, 2.24) is 5.32 Å². The number of hydrogen-bond acceptors (Lipinski definition) is 3. The highest BCUT2D eigenvalue weighted by Gasteiger charge is 2.21. The van der Waals surface area contributed by atoms with Gasteiger partial charge in [0.2, 0.25) is 0 Å². The lowest BCUT2D eigenvalue weighted by Gasteiger charge is -2.26. The largest absolute Gasteiger partial charge is 0.460 e. The number of hydrogen-bond donors (Lipinski definition) is 1. The molecule has 1 rings (SSSR count). The number of rotatable bonds is 0. The molecule has 52 valence electrons. The molecule has 3 heteroatoms. The summed E-state index contributed by atoms with van der Waals surface area (Å²) in [7, 11) is 0. The fourth-order valence-electron chi connectivity index (χ4n) is 0.761. The summed E-state index contributed by atoms with van der Waals surface area (Å²) >= 11 is 0. The molecule has 1 fully saturated rings. The van der Waals surface area contributed by atoms with Crippen LogP contribution in [-0.2, 0) is 9.53 Å². The van der Waals surface area contributed by atoms with Gasteiger partial charge in [0.1, 0.15) is 6.10 Å². The first-order chi connectivity index (χ1) is 4.20. The molecule has 1 aliphatic rings. The molecule has 1 heterocycles. The second-order valence-corrected chi connectivity index (χ2v) is 2.36. The SMILES string of the molecule is CC1NCC(=O)OC1C. The van der Waals surface area contributed by atoms with E-state index in [0.29, 0.717) is 12.6 Å². The third kappa shape index (κ3) is 1.42. The van der Waals surface area contributed by atoms with E-state index in [9.17, 15) is 4.79 Å². The molecule has 0 aliphatic carbocycles. The van der Waals surface area contributed by atoms with Crippen LogP contribution in [0.5, 0.6) is 0 Å². The molecule has 1 N–H and O–H groups in total. The van der Waals surface area contributed by atoms with Crippen molar-refractivity contribution in [3.8, 4) is 0 Å². The molecular weight excluding hydrogens is 118 g/mol. The van der Waals surface area contributed by atoms with Crippen LogP contribution in [0.15, 0.2) is 0 Å². The van der Waals surface area contributed by atoms with Crippen LogP contribution in [-0.4, -0.2) is 24.7 Å². The number of carbonyl (C=O) groups excluding carboxylic acids is 1. The molecule has 0 aromatic carbocycles. The van der Waals surface area contributed by atoms with Crippen LogP contribution in [0, 0.1) is 0 Å². The Kier molecular flexibility index (Phi) is 1.71. The average Bonchev–Trinajstić information content (AvgIpc) is 1.80. The Bertz CT molecular complexity index is 124. The fraction of sp³-hybridized carbons (Fsp3) is 0.833. The lowest BCUT2D eigenvalue weighted by atomic mass is 10.2. The molecule has 0 bridgehead atoms. The van der Waals surface area contributed by atoms with E-state index < -0.39 is 0 Å². The summed E-state index contributed by atoms with van der Waals surface area (Å²) in [5.74, 6) is -0.152. The number of cyclic esters (lactones) is 1. The quantitative estimate of drug-likeness (QED) is 0.464. The predicted molar refractivity (Wildman–Crippen MR) is 33.0 cm³/mol. The number of carbonyl (C=O) groups is 1. The van der Waals surface area contributed by atoms with E-state index in [4.69, 9.17) is 4.74 Å². The standard InChI is InChI=1S/C6H11NO2/c1-4-5(2)9-6(8)3-7-4/h4-5,7H,3H2,1-2H3. The van der Waals surface area contributed by atoms with Crippen LogP contribution in [0.25, 0.3) is 0 Å². The zero-order valence-corrected chi connectivity index (χ0v) is 5.68. The van der Waals surface area contributed by atoms with E-state index in [1.165, 1.54) is 0 Å². The highest BCUT2D eigenvalue weighted by atomic mass is 16.5. The van der Waals surface area contributed by atoms with Crippen molar-refractivity contribution in [3.05, 3.63) is 0 Å². The summed E-state index contributed by atoms with van der Waals surface area (Å²) in [5, 5.41) is 3.01. The van der Waals surface area contributed by atoms with Crippen LogP contribution in [0.2, 0.25) is 0 Å². The number of ether oxygens (including phenoxy) is 1. The first kappa shape index (κ1) is 6.55. The van der Waals surface area contributed by atoms with Gasteiger partial charge in [-0.3, -0.25) is 4.79 Å². The Morgan fingerprint density at radius 3 is 2.78 bits per heavy atom. The lowest BCUT2D eigenvalue weighted by molar-refractivity contribution is -0.152. The third-order valence-corrected chi connectivity index (χ3v) is 1.59. The van der Waals surface area contributed by atoms with Gasteiger partial charge in [0.05, 0.1) is 6.54 Å². The Morgan fingerprint density at radius 1 is 1.67 bits per heavy atom. The van der Waals surface area contributed by atoms with Gasteiger partial charge in [0.25, 0.3) is 0 Å². The van der Waals surface area contributed by atoms with E-state index in [-0.39, 0.29) is 12.1 Å². The highest BCUT2D eigenvalue weighted by Crippen LogP contribution is 2.02. The first-order valence-corrected chi connectivity index (χ1v) is 3.13. The average molecular weight is 129 g/mol. The van der Waals surface area contributed by atoms with Crippen molar-refractivity contribution >= 4 is 5.97 Å². The Balaban J connectivity index is 2.44. The molecule has 2 unspecified atom stereocenters. The Hall–Kier alpha value is -0.570. The summed E-state index contributed by atoms with van der Waals surface area (Å²) in [5.41, 5.74) is 0. The Morgan fingerprint density at radius 2 is 2.33 bits per heavy atom. The summed E-state index contributed by atoms with van der Waals surface area (Å²) in [4.78, 5) is 10.5. The van der Waals surface area contributed by atoms with Crippen molar-refractivity contribution in [3.63, 3.8) is 0 Å². The van der Waals surface area contributed by atoms with Gasteiger partial charge in [-0.1, -0.05) is 0 Å². The highest BCUT2D eigenvalue weighted by molar-refractivity contribution is 5.72. The van der Waals surface area contributed by atoms with Gasteiger partial charge in [-0.15, -0.1) is 0 Å². The number of nitrogens with one attached hydrogen (secondary N) is 1. The van der Waals surface area contributed by atoms with E-state index in [1.807, 2.05) is 13.8 Å².